The molecule has 1 saturated carbocycles. The van der Waals surface area contributed by atoms with E-state index in [4.69, 9.17) is 10.5 Å². The zero-order valence-corrected chi connectivity index (χ0v) is 13.2. The van der Waals surface area contributed by atoms with Crippen LogP contribution in [-0.2, 0) is 4.74 Å². The molecule has 1 amide bonds. The largest absolute Gasteiger partial charge is 0.399 e. The fourth-order valence-corrected chi connectivity index (χ4v) is 2.49. The van der Waals surface area contributed by atoms with Crippen molar-refractivity contribution in [1.82, 2.24) is 5.32 Å². The summed E-state index contributed by atoms with van der Waals surface area (Å²) in [7, 11) is 0. The Balaban J connectivity index is 0.00000220. The Morgan fingerprint density at radius 2 is 1.86 bits per heavy atom. The fourth-order valence-electron chi connectivity index (χ4n) is 2.49. The van der Waals surface area contributed by atoms with Gasteiger partial charge in [0, 0.05) is 24.4 Å². The Bertz CT molecular complexity index is 417. The first-order chi connectivity index (χ1) is 9.75. The monoisotopic (exact) mass is 312 g/mol. The van der Waals surface area contributed by atoms with Gasteiger partial charge in [-0.2, -0.15) is 0 Å². The summed E-state index contributed by atoms with van der Waals surface area (Å²) in [6.07, 6.45) is 7.61. The van der Waals surface area contributed by atoms with E-state index >= 15 is 0 Å². The molecule has 0 saturated heterocycles. The number of anilines is 1. The van der Waals surface area contributed by atoms with Crippen molar-refractivity contribution in [2.75, 3.05) is 18.9 Å². The van der Waals surface area contributed by atoms with Gasteiger partial charge in [0.25, 0.3) is 5.91 Å². The predicted octanol–water partition coefficient (Wildman–Crippen LogP) is 3.16. The van der Waals surface area contributed by atoms with E-state index in [-0.39, 0.29) is 18.3 Å². The smallest absolute Gasteiger partial charge is 0.251 e. The van der Waals surface area contributed by atoms with E-state index in [2.05, 4.69) is 5.32 Å². The van der Waals surface area contributed by atoms with Gasteiger partial charge in [0.15, 0.2) is 0 Å². The molecule has 5 heteroatoms. The SMILES string of the molecule is Cl.Nc1ccc(C(=O)NCCCOC2CCCCC2)cc1. The summed E-state index contributed by atoms with van der Waals surface area (Å²) in [4.78, 5) is 11.8. The van der Waals surface area contributed by atoms with E-state index < -0.39 is 0 Å². The number of rotatable bonds is 6. The summed E-state index contributed by atoms with van der Waals surface area (Å²) < 4.78 is 5.82. The Morgan fingerprint density at radius 1 is 1.19 bits per heavy atom. The van der Waals surface area contributed by atoms with Crippen LogP contribution >= 0.6 is 12.4 Å². The summed E-state index contributed by atoms with van der Waals surface area (Å²) in [5.41, 5.74) is 6.90. The average Bonchev–Trinajstić information content (AvgIpc) is 2.48. The van der Waals surface area contributed by atoms with E-state index in [1.807, 2.05) is 0 Å². The highest BCUT2D eigenvalue weighted by Gasteiger charge is 2.13. The summed E-state index contributed by atoms with van der Waals surface area (Å²) in [6.45, 7) is 1.38. The van der Waals surface area contributed by atoms with Gasteiger partial charge < -0.3 is 15.8 Å². The molecule has 0 heterocycles. The maximum absolute atomic E-state index is 11.8. The van der Waals surface area contributed by atoms with Crippen molar-refractivity contribution in [2.45, 2.75) is 44.6 Å². The van der Waals surface area contributed by atoms with Crippen LogP contribution in [0.3, 0.4) is 0 Å². The second-order valence-corrected chi connectivity index (χ2v) is 5.36. The maximum atomic E-state index is 11.8. The molecule has 0 radical (unpaired) electrons. The third-order valence-corrected chi connectivity index (χ3v) is 3.69. The van der Waals surface area contributed by atoms with Gasteiger partial charge in [0.05, 0.1) is 6.10 Å². The van der Waals surface area contributed by atoms with Crippen LogP contribution < -0.4 is 11.1 Å². The first-order valence-corrected chi connectivity index (χ1v) is 7.51. The molecule has 2 rings (SSSR count). The quantitative estimate of drug-likeness (QED) is 0.626. The normalized spacial score (nSPS) is 15.2. The Hall–Kier alpha value is -1.26. The number of benzene rings is 1. The van der Waals surface area contributed by atoms with Crippen LogP contribution in [0.4, 0.5) is 5.69 Å². The summed E-state index contributed by atoms with van der Waals surface area (Å²) >= 11 is 0. The first-order valence-electron chi connectivity index (χ1n) is 7.51. The van der Waals surface area contributed by atoms with Crippen molar-refractivity contribution in [2.24, 2.45) is 0 Å². The maximum Gasteiger partial charge on any atom is 0.251 e. The Labute approximate surface area is 132 Å². The minimum atomic E-state index is -0.0531. The van der Waals surface area contributed by atoms with Crippen molar-refractivity contribution in [3.63, 3.8) is 0 Å². The van der Waals surface area contributed by atoms with Crippen LogP contribution in [0.1, 0.15) is 48.9 Å². The Kier molecular flexibility index (Phi) is 8.16. The van der Waals surface area contributed by atoms with E-state index in [1.165, 1.54) is 32.1 Å². The van der Waals surface area contributed by atoms with Crippen molar-refractivity contribution in [3.8, 4) is 0 Å². The van der Waals surface area contributed by atoms with Crippen molar-refractivity contribution < 1.29 is 9.53 Å². The zero-order chi connectivity index (χ0) is 14.2. The van der Waals surface area contributed by atoms with Crippen molar-refractivity contribution in [1.29, 1.82) is 0 Å². The van der Waals surface area contributed by atoms with E-state index in [1.54, 1.807) is 24.3 Å². The highest BCUT2D eigenvalue weighted by atomic mass is 35.5. The van der Waals surface area contributed by atoms with Crippen molar-refractivity contribution in [3.05, 3.63) is 29.8 Å². The third-order valence-electron chi connectivity index (χ3n) is 3.69. The lowest BCUT2D eigenvalue weighted by Gasteiger charge is -2.21. The van der Waals surface area contributed by atoms with Gasteiger partial charge >= 0.3 is 0 Å². The molecule has 0 spiro atoms. The molecular weight excluding hydrogens is 288 g/mol. The molecule has 1 aliphatic rings. The van der Waals surface area contributed by atoms with E-state index in [9.17, 15) is 4.79 Å². The van der Waals surface area contributed by atoms with Gasteiger partial charge in [-0.3, -0.25) is 4.79 Å². The molecule has 1 aliphatic carbocycles. The Morgan fingerprint density at radius 3 is 2.52 bits per heavy atom. The summed E-state index contributed by atoms with van der Waals surface area (Å²) in [5, 5.41) is 2.90. The molecular formula is C16H25ClN2O2. The number of hydrogen-bond acceptors (Lipinski definition) is 3. The number of halogens is 1. The summed E-state index contributed by atoms with van der Waals surface area (Å²) in [6, 6.07) is 6.95. The molecule has 1 aromatic rings. The third kappa shape index (κ3) is 6.36. The van der Waals surface area contributed by atoms with Crippen LogP contribution in [0.25, 0.3) is 0 Å². The molecule has 21 heavy (non-hydrogen) atoms. The number of carbonyl (C=O) groups excluding carboxylic acids is 1. The number of hydrogen-bond donors (Lipinski definition) is 2. The molecule has 1 aromatic carbocycles. The van der Waals surface area contributed by atoms with Crippen molar-refractivity contribution >= 4 is 24.0 Å². The molecule has 1 fully saturated rings. The molecule has 0 bridgehead atoms. The van der Waals surface area contributed by atoms with Crippen LogP contribution in [0, 0.1) is 0 Å². The number of ether oxygens (including phenoxy) is 1. The molecule has 0 aromatic heterocycles. The average molecular weight is 313 g/mol. The predicted molar refractivity (Wildman–Crippen MR) is 87.9 cm³/mol. The van der Waals surface area contributed by atoms with Crippen LogP contribution in [-0.4, -0.2) is 25.2 Å². The van der Waals surface area contributed by atoms with Gasteiger partial charge in [-0.25, -0.2) is 0 Å². The minimum absolute atomic E-state index is 0. The molecule has 0 aliphatic heterocycles. The lowest BCUT2D eigenvalue weighted by Crippen LogP contribution is -2.26. The van der Waals surface area contributed by atoms with Crippen LogP contribution in [0.15, 0.2) is 24.3 Å². The first kappa shape index (κ1) is 17.8. The van der Waals surface area contributed by atoms with E-state index in [0.29, 0.717) is 23.9 Å². The zero-order valence-electron chi connectivity index (χ0n) is 12.3. The second-order valence-electron chi connectivity index (χ2n) is 5.36. The molecule has 0 atom stereocenters. The number of nitrogens with one attached hydrogen (secondary N) is 1. The van der Waals surface area contributed by atoms with E-state index in [0.717, 1.165) is 13.0 Å². The number of nitrogens with two attached hydrogens (primary N) is 1. The minimum Gasteiger partial charge on any atom is -0.399 e. The number of carbonyl (C=O) groups is 1. The lowest BCUT2D eigenvalue weighted by atomic mass is 9.98. The van der Waals surface area contributed by atoms with Crippen LogP contribution in [0.2, 0.25) is 0 Å². The summed E-state index contributed by atoms with van der Waals surface area (Å²) in [5.74, 6) is -0.0531. The lowest BCUT2D eigenvalue weighted by molar-refractivity contribution is 0.0273. The molecule has 118 valence electrons. The number of amides is 1. The van der Waals surface area contributed by atoms with Crippen LogP contribution in [0.5, 0.6) is 0 Å². The second kappa shape index (κ2) is 9.64. The molecule has 3 N–H and O–H groups in total. The van der Waals surface area contributed by atoms with Gasteiger partial charge in [0.2, 0.25) is 0 Å². The van der Waals surface area contributed by atoms with Gasteiger partial charge in [-0.1, -0.05) is 19.3 Å². The molecule has 4 nitrogen and oxygen atoms in total. The molecule has 0 unspecified atom stereocenters. The number of nitrogen functional groups attached to an aromatic ring is 1. The standard InChI is InChI=1S/C16H24N2O2.ClH/c17-14-9-7-13(8-10-14)16(19)18-11-4-12-20-15-5-2-1-3-6-15;/h7-10,15H,1-6,11-12,17H2,(H,18,19);1H. The highest BCUT2D eigenvalue weighted by Crippen LogP contribution is 2.20. The van der Waals surface area contributed by atoms with Gasteiger partial charge in [0.1, 0.15) is 0 Å². The highest BCUT2D eigenvalue weighted by molar-refractivity contribution is 5.94. The fraction of sp³-hybridized carbons (Fsp3) is 0.562. The van der Waals surface area contributed by atoms with Gasteiger partial charge in [-0.15, -0.1) is 12.4 Å². The topological polar surface area (TPSA) is 64.4 Å². The van der Waals surface area contributed by atoms with Gasteiger partial charge in [-0.05, 0) is 43.5 Å².